The fraction of sp³-hybridized carbons (Fsp3) is 0.312. The molecule has 2 nitrogen and oxygen atoms in total. The van der Waals surface area contributed by atoms with Crippen LogP contribution in [0, 0.1) is 5.82 Å². The molecule has 0 unspecified atom stereocenters. The van der Waals surface area contributed by atoms with E-state index in [1.807, 2.05) is 26.8 Å². The van der Waals surface area contributed by atoms with Crippen molar-refractivity contribution in [1.82, 2.24) is 4.90 Å². The Kier molecular flexibility index (Phi) is 3.84. The van der Waals surface area contributed by atoms with Crippen LogP contribution in [0.3, 0.4) is 0 Å². The summed E-state index contributed by atoms with van der Waals surface area (Å²) in [5, 5.41) is 1.17. The van der Waals surface area contributed by atoms with E-state index < -0.39 is 0 Å². The molecule has 0 radical (unpaired) electrons. The second-order valence-electron chi connectivity index (χ2n) is 4.83. The Bertz CT molecular complexity index is 607. The van der Waals surface area contributed by atoms with Crippen molar-refractivity contribution in [2.45, 2.75) is 26.8 Å². The maximum atomic E-state index is 13.7. The Morgan fingerprint density at radius 1 is 1.16 bits per heavy atom. The van der Waals surface area contributed by atoms with Crippen molar-refractivity contribution in [3.63, 3.8) is 0 Å². The third-order valence-electron chi connectivity index (χ3n) is 3.33. The molecule has 0 saturated carbocycles. The highest BCUT2D eigenvalue weighted by atomic mass is 19.1. The lowest BCUT2D eigenvalue weighted by Crippen LogP contribution is -2.36. The molecule has 0 atom stereocenters. The van der Waals surface area contributed by atoms with Crippen LogP contribution in [0.4, 0.5) is 4.39 Å². The van der Waals surface area contributed by atoms with E-state index in [1.165, 1.54) is 6.07 Å². The highest BCUT2D eigenvalue weighted by Crippen LogP contribution is 2.23. The number of nitrogens with zero attached hydrogens (tertiary/aromatic N) is 1. The lowest BCUT2D eigenvalue weighted by atomic mass is 10.0. The number of fused-ring (bicyclic) bond motifs is 1. The molecular formula is C16H18FNO. The van der Waals surface area contributed by atoms with Gasteiger partial charge < -0.3 is 4.90 Å². The number of rotatable bonds is 3. The molecule has 2 aromatic rings. The molecule has 0 saturated heterocycles. The zero-order chi connectivity index (χ0) is 14.0. The Labute approximate surface area is 112 Å². The van der Waals surface area contributed by atoms with Gasteiger partial charge in [0.25, 0.3) is 5.91 Å². The van der Waals surface area contributed by atoms with Gasteiger partial charge in [-0.1, -0.05) is 24.3 Å². The Morgan fingerprint density at radius 2 is 1.79 bits per heavy atom. The number of benzene rings is 2. The van der Waals surface area contributed by atoms with Crippen LogP contribution < -0.4 is 0 Å². The van der Waals surface area contributed by atoms with Crippen molar-refractivity contribution in [2.75, 3.05) is 6.54 Å². The summed E-state index contributed by atoms with van der Waals surface area (Å²) in [6.07, 6.45) is 0. The minimum Gasteiger partial charge on any atom is -0.336 e. The summed E-state index contributed by atoms with van der Waals surface area (Å²) >= 11 is 0. The van der Waals surface area contributed by atoms with Crippen molar-refractivity contribution in [2.24, 2.45) is 0 Å². The summed E-state index contributed by atoms with van der Waals surface area (Å²) in [6, 6.07) is 10.2. The zero-order valence-electron chi connectivity index (χ0n) is 11.5. The van der Waals surface area contributed by atoms with Gasteiger partial charge in [0.15, 0.2) is 0 Å². The van der Waals surface area contributed by atoms with Crippen molar-refractivity contribution in [3.05, 3.63) is 47.8 Å². The first-order valence-corrected chi connectivity index (χ1v) is 6.54. The number of halogens is 1. The summed E-state index contributed by atoms with van der Waals surface area (Å²) < 4.78 is 13.7. The molecule has 19 heavy (non-hydrogen) atoms. The first-order valence-electron chi connectivity index (χ1n) is 6.54. The van der Waals surface area contributed by atoms with Gasteiger partial charge in [-0.05, 0) is 38.3 Å². The molecule has 2 aromatic carbocycles. The molecule has 0 spiro atoms. The number of amides is 1. The van der Waals surface area contributed by atoms with Crippen LogP contribution in [0.1, 0.15) is 31.1 Å². The highest BCUT2D eigenvalue weighted by Gasteiger charge is 2.19. The van der Waals surface area contributed by atoms with Gasteiger partial charge in [0, 0.05) is 23.5 Å². The smallest absolute Gasteiger partial charge is 0.254 e. The van der Waals surface area contributed by atoms with Crippen molar-refractivity contribution >= 4 is 16.7 Å². The monoisotopic (exact) mass is 259 g/mol. The topological polar surface area (TPSA) is 20.3 Å². The summed E-state index contributed by atoms with van der Waals surface area (Å²) in [7, 11) is 0. The number of hydrogen-bond donors (Lipinski definition) is 0. The standard InChI is InChI=1S/C16H18FNO/c1-4-18(11(2)3)16(19)14-9-10-15(17)13-8-6-5-7-12(13)14/h5-11H,4H2,1-3H3. The van der Waals surface area contributed by atoms with Gasteiger partial charge >= 0.3 is 0 Å². The Balaban J connectivity index is 2.57. The molecule has 0 fully saturated rings. The van der Waals surface area contributed by atoms with Crippen LogP contribution in [0.15, 0.2) is 36.4 Å². The fourth-order valence-corrected chi connectivity index (χ4v) is 2.35. The van der Waals surface area contributed by atoms with E-state index >= 15 is 0 Å². The SMILES string of the molecule is CCN(C(=O)c1ccc(F)c2ccccc12)C(C)C. The minimum atomic E-state index is -0.292. The van der Waals surface area contributed by atoms with E-state index in [2.05, 4.69) is 0 Å². The lowest BCUT2D eigenvalue weighted by Gasteiger charge is -2.25. The van der Waals surface area contributed by atoms with E-state index in [0.717, 1.165) is 0 Å². The number of carbonyl (C=O) groups excluding carboxylic acids is 1. The molecule has 0 heterocycles. The third kappa shape index (κ3) is 2.46. The van der Waals surface area contributed by atoms with Gasteiger partial charge in [-0.3, -0.25) is 4.79 Å². The lowest BCUT2D eigenvalue weighted by molar-refractivity contribution is 0.0719. The van der Waals surface area contributed by atoms with Crippen LogP contribution in [-0.2, 0) is 0 Å². The van der Waals surface area contributed by atoms with E-state index in [1.54, 1.807) is 29.2 Å². The molecule has 0 aliphatic carbocycles. The molecule has 0 aromatic heterocycles. The van der Waals surface area contributed by atoms with Gasteiger partial charge in [-0.25, -0.2) is 4.39 Å². The van der Waals surface area contributed by atoms with E-state index in [0.29, 0.717) is 22.9 Å². The van der Waals surface area contributed by atoms with Crippen molar-refractivity contribution < 1.29 is 9.18 Å². The Morgan fingerprint density at radius 3 is 2.37 bits per heavy atom. The van der Waals surface area contributed by atoms with Gasteiger partial charge in [-0.15, -0.1) is 0 Å². The molecule has 1 amide bonds. The molecule has 0 aliphatic heterocycles. The zero-order valence-corrected chi connectivity index (χ0v) is 11.5. The second-order valence-corrected chi connectivity index (χ2v) is 4.83. The van der Waals surface area contributed by atoms with Crippen LogP contribution in [0.5, 0.6) is 0 Å². The maximum Gasteiger partial charge on any atom is 0.254 e. The van der Waals surface area contributed by atoms with Gasteiger partial charge in [-0.2, -0.15) is 0 Å². The van der Waals surface area contributed by atoms with E-state index in [-0.39, 0.29) is 17.8 Å². The minimum absolute atomic E-state index is 0.0475. The first-order chi connectivity index (χ1) is 9.06. The predicted octanol–water partition coefficient (Wildman–Crippen LogP) is 3.85. The summed E-state index contributed by atoms with van der Waals surface area (Å²) in [5.41, 5.74) is 0.563. The average molecular weight is 259 g/mol. The van der Waals surface area contributed by atoms with E-state index in [9.17, 15) is 9.18 Å². The van der Waals surface area contributed by atoms with Crippen LogP contribution >= 0.6 is 0 Å². The largest absolute Gasteiger partial charge is 0.336 e. The van der Waals surface area contributed by atoms with Crippen LogP contribution in [0.2, 0.25) is 0 Å². The van der Waals surface area contributed by atoms with Gasteiger partial charge in [0.1, 0.15) is 5.82 Å². The normalized spacial score (nSPS) is 11.0. The highest BCUT2D eigenvalue weighted by molar-refractivity contribution is 6.07. The second kappa shape index (κ2) is 5.39. The molecule has 0 N–H and O–H groups in total. The molecule has 0 aliphatic rings. The van der Waals surface area contributed by atoms with Gasteiger partial charge in [0.05, 0.1) is 0 Å². The quantitative estimate of drug-likeness (QED) is 0.820. The molecular weight excluding hydrogens is 241 g/mol. The van der Waals surface area contributed by atoms with Crippen molar-refractivity contribution in [1.29, 1.82) is 0 Å². The molecule has 3 heteroatoms. The summed E-state index contributed by atoms with van der Waals surface area (Å²) in [5.74, 6) is -0.339. The third-order valence-corrected chi connectivity index (χ3v) is 3.33. The molecule has 100 valence electrons. The number of hydrogen-bond acceptors (Lipinski definition) is 1. The summed E-state index contributed by atoms with van der Waals surface area (Å²) in [4.78, 5) is 14.3. The fourth-order valence-electron chi connectivity index (χ4n) is 2.35. The average Bonchev–Trinajstić information content (AvgIpc) is 2.39. The maximum absolute atomic E-state index is 13.7. The molecule has 2 rings (SSSR count). The van der Waals surface area contributed by atoms with Crippen LogP contribution in [-0.4, -0.2) is 23.4 Å². The Hall–Kier alpha value is -1.90. The summed E-state index contributed by atoms with van der Waals surface area (Å²) in [6.45, 7) is 6.55. The van der Waals surface area contributed by atoms with Crippen LogP contribution in [0.25, 0.3) is 10.8 Å². The molecule has 0 bridgehead atoms. The number of carbonyl (C=O) groups is 1. The van der Waals surface area contributed by atoms with Gasteiger partial charge in [0.2, 0.25) is 0 Å². The van der Waals surface area contributed by atoms with Crippen molar-refractivity contribution in [3.8, 4) is 0 Å². The van der Waals surface area contributed by atoms with E-state index in [4.69, 9.17) is 0 Å². The predicted molar refractivity (Wildman–Crippen MR) is 75.8 cm³/mol. The first kappa shape index (κ1) is 13.5.